The Morgan fingerprint density at radius 2 is 2.44 bits per heavy atom. The van der Waals surface area contributed by atoms with E-state index in [9.17, 15) is 4.79 Å². The van der Waals surface area contributed by atoms with Gasteiger partial charge in [0.25, 0.3) is 5.91 Å². The first kappa shape index (κ1) is 13.1. The van der Waals surface area contributed by atoms with Crippen molar-refractivity contribution in [1.82, 2.24) is 4.37 Å². The number of hydrogen-bond donors (Lipinski definition) is 2. The molecule has 2 rings (SSSR count). The Kier molecular flexibility index (Phi) is 4.03. The Balaban J connectivity index is 2.26. The van der Waals surface area contributed by atoms with Crippen molar-refractivity contribution in [2.75, 3.05) is 30.3 Å². The Morgan fingerprint density at radius 3 is 3.11 bits per heavy atom. The third kappa shape index (κ3) is 2.56. The molecule has 2 heterocycles. The predicted octanol–water partition coefficient (Wildman–Crippen LogP) is 0.830. The largest absolute Gasteiger partial charge is 0.382 e. The zero-order chi connectivity index (χ0) is 13.1. The van der Waals surface area contributed by atoms with Crippen LogP contribution in [-0.2, 0) is 4.74 Å². The van der Waals surface area contributed by atoms with Gasteiger partial charge in [0.2, 0.25) is 0 Å². The lowest BCUT2D eigenvalue weighted by Gasteiger charge is -2.24. The average Bonchev–Trinajstić information content (AvgIpc) is 2.60. The molecular formula is C11H18N4O2S. The fraction of sp³-hybridized carbons (Fsp3) is 0.636. The summed E-state index contributed by atoms with van der Waals surface area (Å²) in [5.74, 6) is -0.296. The van der Waals surface area contributed by atoms with Crippen molar-refractivity contribution in [2.24, 2.45) is 5.73 Å². The van der Waals surface area contributed by atoms with E-state index in [4.69, 9.17) is 16.2 Å². The lowest BCUT2D eigenvalue weighted by atomic mass is 10.2. The van der Waals surface area contributed by atoms with Gasteiger partial charge in [0.05, 0.1) is 6.10 Å². The number of ether oxygens (including phenoxy) is 1. The summed E-state index contributed by atoms with van der Waals surface area (Å²) in [7, 11) is 0. The van der Waals surface area contributed by atoms with Gasteiger partial charge < -0.3 is 21.1 Å². The minimum Gasteiger partial charge on any atom is -0.382 e. The first-order valence-electron chi connectivity index (χ1n) is 6.05. The molecule has 1 unspecified atom stereocenters. The third-order valence-corrected chi connectivity index (χ3v) is 3.96. The highest BCUT2D eigenvalue weighted by Gasteiger charge is 2.25. The SMILES string of the molecule is CCC1CN(c2snc(N)c2C(N)=O)CCCO1. The quantitative estimate of drug-likeness (QED) is 0.848. The monoisotopic (exact) mass is 270 g/mol. The Hall–Kier alpha value is -1.34. The zero-order valence-corrected chi connectivity index (χ0v) is 11.2. The van der Waals surface area contributed by atoms with Crippen LogP contribution in [0.5, 0.6) is 0 Å². The summed E-state index contributed by atoms with van der Waals surface area (Å²) >= 11 is 1.23. The molecule has 7 heteroatoms. The number of nitrogens with zero attached hydrogens (tertiary/aromatic N) is 2. The van der Waals surface area contributed by atoms with Crippen molar-refractivity contribution in [2.45, 2.75) is 25.9 Å². The normalized spacial score (nSPS) is 20.7. The summed E-state index contributed by atoms with van der Waals surface area (Å²) in [4.78, 5) is 13.5. The van der Waals surface area contributed by atoms with Crippen LogP contribution in [0.2, 0.25) is 0 Å². The summed E-state index contributed by atoms with van der Waals surface area (Å²) in [5, 5.41) is 0.768. The fourth-order valence-corrected chi connectivity index (χ4v) is 2.92. The van der Waals surface area contributed by atoms with E-state index in [0.717, 1.165) is 37.5 Å². The van der Waals surface area contributed by atoms with Gasteiger partial charge in [-0.05, 0) is 24.4 Å². The number of hydrogen-bond acceptors (Lipinski definition) is 6. The highest BCUT2D eigenvalue weighted by Crippen LogP contribution is 2.31. The van der Waals surface area contributed by atoms with E-state index in [1.807, 2.05) is 0 Å². The topological polar surface area (TPSA) is 94.5 Å². The summed E-state index contributed by atoms with van der Waals surface area (Å²) in [6, 6.07) is 0. The number of nitrogen functional groups attached to an aromatic ring is 1. The smallest absolute Gasteiger partial charge is 0.255 e. The first-order chi connectivity index (χ1) is 8.63. The van der Waals surface area contributed by atoms with E-state index in [0.29, 0.717) is 5.56 Å². The Morgan fingerprint density at radius 1 is 1.67 bits per heavy atom. The molecule has 1 amide bonds. The number of amides is 1. The number of primary amides is 1. The Bertz CT molecular complexity index is 435. The van der Waals surface area contributed by atoms with E-state index < -0.39 is 5.91 Å². The zero-order valence-electron chi connectivity index (χ0n) is 10.4. The third-order valence-electron chi connectivity index (χ3n) is 3.04. The number of anilines is 2. The van der Waals surface area contributed by atoms with Gasteiger partial charge >= 0.3 is 0 Å². The van der Waals surface area contributed by atoms with E-state index in [2.05, 4.69) is 16.2 Å². The molecular weight excluding hydrogens is 252 g/mol. The average molecular weight is 270 g/mol. The number of aromatic nitrogens is 1. The minimum absolute atomic E-state index is 0.177. The van der Waals surface area contributed by atoms with Gasteiger partial charge in [-0.15, -0.1) is 0 Å². The molecule has 1 aromatic rings. The summed E-state index contributed by atoms with van der Waals surface area (Å²) in [6.45, 7) is 4.41. The van der Waals surface area contributed by atoms with Crippen molar-refractivity contribution in [3.8, 4) is 0 Å². The molecule has 0 saturated carbocycles. The molecule has 1 fully saturated rings. The van der Waals surface area contributed by atoms with Gasteiger partial charge in [-0.1, -0.05) is 6.92 Å². The maximum absolute atomic E-state index is 11.4. The van der Waals surface area contributed by atoms with Crippen LogP contribution in [0.25, 0.3) is 0 Å². The molecule has 0 bridgehead atoms. The maximum Gasteiger partial charge on any atom is 0.255 e. The molecule has 0 aromatic carbocycles. The van der Waals surface area contributed by atoms with Crippen LogP contribution >= 0.6 is 11.5 Å². The molecule has 1 aliphatic rings. The fourth-order valence-electron chi connectivity index (χ4n) is 2.07. The molecule has 4 N–H and O–H groups in total. The van der Waals surface area contributed by atoms with Crippen LogP contribution < -0.4 is 16.4 Å². The summed E-state index contributed by atoms with van der Waals surface area (Å²) in [5.41, 5.74) is 11.4. The molecule has 1 aliphatic heterocycles. The molecule has 6 nitrogen and oxygen atoms in total. The summed E-state index contributed by atoms with van der Waals surface area (Å²) in [6.07, 6.45) is 2.04. The highest BCUT2D eigenvalue weighted by atomic mass is 32.1. The van der Waals surface area contributed by atoms with Crippen molar-refractivity contribution < 1.29 is 9.53 Å². The highest BCUT2D eigenvalue weighted by molar-refractivity contribution is 7.11. The Labute approximate surface area is 110 Å². The lowest BCUT2D eigenvalue weighted by molar-refractivity contribution is 0.0664. The van der Waals surface area contributed by atoms with Crippen molar-refractivity contribution in [3.05, 3.63) is 5.56 Å². The van der Waals surface area contributed by atoms with Gasteiger partial charge in [-0.25, -0.2) is 0 Å². The molecule has 1 aromatic heterocycles. The van der Waals surface area contributed by atoms with E-state index in [1.54, 1.807) is 0 Å². The second kappa shape index (κ2) is 5.53. The predicted molar refractivity (Wildman–Crippen MR) is 71.9 cm³/mol. The van der Waals surface area contributed by atoms with Gasteiger partial charge in [-0.2, -0.15) is 4.37 Å². The van der Waals surface area contributed by atoms with E-state index in [1.165, 1.54) is 11.5 Å². The van der Waals surface area contributed by atoms with Crippen molar-refractivity contribution in [3.63, 3.8) is 0 Å². The lowest BCUT2D eigenvalue weighted by Crippen LogP contribution is -2.32. The maximum atomic E-state index is 11.4. The molecule has 1 saturated heterocycles. The van der Waals surface area contributed by atoms with Crippen LogP contribution in [0.1, 0.15) is 30.1 Å². The van der Waals surface area contributed by atoms with Gasteiger partial charge in [0.15, 0.2) is 5.82 Å². The number of nitrogens with two attached hydrogens (primary N) is 2. The minimum atomic E-state index is -0.519. The number of carbonyl (C=O) groups excluding carboxylic acids is 1. The second-order valence-corrected chi connectivity index (χ2v) is 5.06. The van der Waals surface area contributed by atoms with Crippen LogP contribution in [-0.4, -0.2) is 36.1 Å². The van der Waals surface area contributed by atoms with Gasteiger partial charge in [0.1, 0.15) is 10.6 Å². The molecule has 0 radical (unpaired) electrons. The van der Waals surface area contributed by atoms with Crippen LogP contribution in [0, 0.1) is 0 Å². The molecule has 18 heavy (non-hydrogen) atoms. The van der Waals surface area contributed by atoms with Gasteiger partial charge in [0, 0.05) is 19.7 Å². The molecule has 0 aliphatic carbocycles. The first-order valence-corrected chi connectivity index (χ1v) is 6.82. The van der Waals surface area contributed by atoms with E-state index >= 15 is 0 Å². The second-order valence-electron chi connectivity index (χ2n) is 4.31. The van der Waals surface area contributed by atoms with Crippen molar-refractivity contribution in [1.29, 1.82) is 0 Å². The van der Waals surface area contributed by atoms with E-state index in [-0.39, 0.29) is 11.9 Å². The van der Waals surface area contributed by atoms with Crippen LogP contribution in [0.4, 0.5) is 10.8 Å². The standard InChI is InChI=1S/C11H18N4O2S/c1-2-7-6-15(4-3-5-17-7)11-8(10(13)16)9(12)14-18-11/h7H,2-6H2,1H3,(H2,12,14)(H2,13,16). The molecule has 1 atom stereocenters. The summed E-state index contributed by atoms with van der Waals surface area (Å²) < 4.78 is 9.74. The number of rotatable bonds is 3. The molecule has 100 valence electrons. The van der Waals surface area contributed by atoms with Crippen LogP contribution in [0.3, 0.4) is 0 Å². The molecule has 0 spiro atoms. The van der Waals surface area contributed by atoms with Crippen LogP contribution in [0.15, 0.2) is 0 Å². The van der Waals surface area contributed by atoms with Gasteiger partial charge in [-0.3, -0.25) is 4.79 Å². The van der Waals surface area contributed by atoms with Crippen molar-refractivity contribution >= 4 is 28.3 Å². The number of carbonyl (C=O) groups is 1.